The van der Waals surface area contributed by atoms with E-state index in [9.17, 15) is 4.79 Å². The van der Waals surface area contributed by atoms with Gasteiger partial charge in [-0.15, -0.1) is 0 Å². The molecule has 3 rings (SSSR count). The Morgan fingerprint density at radius 3 is 2.73 bits per heavy atom. The lowest BCUT2D eigenvalue weighted by Crippen LogP contribution is -2.26. The van der Waals surface area contributed by atoms with Gasteiger partial charge in [0, 0.05) is 17.8 Å². The van der Waals surface area contributed by atoms with E-state index in [1.807, 2.05) is 32.9 Å². The third-order valence-corrected chi connectivity index (χ3v) is 3.24. The Balaban J connectivity index is 1.88. The Morgan fingerprint density at radius 2 is 2.05 bits per heavy atom. The monoisotopic (exact) mass is 302 g/mol. The summed E-state index contributed by atoms with van der Waals surface area (Å²) in [6.07, 6.45) is 0.748. The smallest absolute Gasteiger partial charge is 0.338 e. The van der Waals surface area contributed by atoms with Crippen molar-refractivity contribution >= 4 is 17.0 Å². The minimum atomic E-state index is -0.585. The summed E-state index contributed by atoms with van der Waals surface area (Å²) in [5.41, 5.74) is 1.70. The fraction of sp³-hybridized carbons (Fsp3) is 0.438. The maximum absolute atomic E-state index is 12.1. The number of carbonyl (C=O) groups is 1. The summed E-state index contributed by atoms with van der Waals surface area (Å²) < 4.78 is 16.0. The molecule has 2 atom stereocenters. The summed E-state index contributed by atoms with van der Waals surface area (Å²) in [7, 11) is 1.56. The molecule has 0 N–H and O–H groups in total. The molecule has 2 aromatic heterocycles. The van der Waals surface area contributed by atoms with Gasteiger partial charge in [-0.1, -0.05) is 0 Å². The lowest BCUT2D eigenvalue weighted by atomic mass is 10.1. The first-order valence-electron chi connectivity index (χ1n) is 7.07. The Labute approximate surface area is 128 Å². The highest BCUT2D eigenvalue weighted by atomic mass is 16.6. The van der Waals surface area contributed by atoms with Crippen molar-refractivity contribution in [2.45, 2.75) is 38.6 Å². The third-order valence-electron chi connectivity index (χ3n) is 3.24. The predicted molar refractivity (Wildman–Crippen MR) is 79.5 cm³/mol. The Kier molecular flexibility index (Phi) is 3.48. The minimum Gasteiger partial charge on any atom is -0.481 e. The highest BCUT2D eigenvalue weighted by Crippen LogP contribution is 2.42. The van der Waals surface area contributed by atoms with Crippen molar-refractivity contribution in [2.75, 3.05) is 7.11 Å². The number of aromatic nitrogens is 2. The van der Waals surface area contributed by atoms with Gasteiger partial charge in [0.1, 0.15) is 11.7 Å². The van der Waals surface area contributed by atoms with Crippen LogP contribution in [0.1, 0.15) is 32.4 Å². The molecular formula is C16H18N2O4. The molecule has 6 heteroatoms. The van der Waals surface area contributed by atoms with E-state index in [4.69, 9.17) is 14.2 Å². The van der Waals surface area contributed by atoms with Crippen LogP contribution >= 0.6 is 0 Å². The maximum Gasteiger partial charge on any atom is 0.338 e. The number of ether oxygens (including phenoxy) is 3. The van der Waals surface area contributed by atoms with E-state index in [1.165, 1.54) is 0 Å². The zero-order valence-corrected chi connectivity index (χ0v) is 13.0. The number of epoxide rings is 1. The van der Waals surface area contributed by atoms with Crippen LogP contribution in [0.25, 0.3) is 11.0 Å². The van der Waals surface area contributed by atoms with Gasteiger partial charge in [0.25, 0.3) is 0 Å². The zero-order chi connectivity index (χ0) is 15.9. The first-order valence-corrected chi connectivity index (χ1v) is 7.07. The average Bonchev–Trinajstić information content (AvgIpc) is 3.24. The molecule has 6 nitrogen and oxygen atoms in total. The van der Waals surface area contributed by atoms with Crippen molar-refractivity contribution in [2.24, 2.45) is 0 Å². The summed E-state index contributed by atoms with van der Waals surface area (Å²) in [5.74, 6) is 0.140. The number of methoxy groups -OCH3 is 1. The zero-order valence-electron chi connectivity index (χ0n) is 13.0. The largest absolute Gasteiger partial charge is 0.481 e. The van der Waals surface area contributed by atoms with Gasteiger partial charge in [-0.05, 0) is 32.9 Å². The summed E-state index contributed by atoms with van der Waals surface area (Å²) in [5, 5.41) is 0. The molecule has 0 aromatic carbocycles. The van der Waals surface area contributed by atoms with Crippen LogP contribution in [-0.4, -0.2) is 34.8 Å². The highest BCUT2D eigenvalue weighted by molar-refractivity contribution is 5.83. The molecule has 22 heavy (non-hydrogen) atoms. The molecule has 1 fully saturated rings. The van der Waals surface area contributed by atoms with Gasteiger partial charge in [0.2, 0.25) is 5.88 Å². The van der Waals surface area contributed by atoms with Gasteiger partial charge < -0.3 is 14.2 Å². The van der Waals surface area contributed by atoms with Gasteiger partial charge in [0.05, 0.1) is 18.1 Å². The van der Waals surface area contributed by atoms with E-state index >= 15 is 0 Å². The second-order valence-corrected chi connectivity index (χ2v) is 6.13. The molecule has 2 aromatic rings. The van der Waals surface area contributed by atoms with Crippen LogP contribution in [-0.2, 0) is 14.3 Å². The first kappa shape index (κ1) is 14.7. The van der Waals surface area contributed by atoms with E-state index in [1.54, 1.807) is 19.4 Å². The first-order chi connectivity index (χ1) is 10.4. The van der Waals surface area contributed by atoms with Gasteiger partial charge in [-0.3, -0.25) is 4.98 Å². The van der Waals surface area contributed by atoms with Crippen LogP contribution in [0, 0.1) is 0 Å². The number of nitrogens with zero attached hydrogens (tertiary/aromatic N) is 2. The number of hydrogen-bond acceptors (Lipinski definition) is 6. The maximum atomic E-state index is 12.1. The van der Waals surface area contributed by atoms with E-state index in [0.717, 1.165) is 11.1 Å². The molecule has 1 aliphatic rings. The fourth-order valence-electron chi connectivity index (χ4n) is 2.26. The molecule has 3 heterocycles. The fourth-order valence-corrected chi connectivity index (χ4v) is 2.26. The van der Waals surface area contributed by atoms with Crippen LogP contribution < -0.4 is 4.74 Å². The van der Waals surface area contributed by atoms with Crippen LogP contribution in [0.4, 0.5) is 0 Å². The molecule has 116 valence electrons. The van der Waals surface area contributed by atoms with Crippen LogP contribution in [0.3, 0.4) is 0 Å². The summed E-state index contributed by atoms with van der Waals surface area (Å²) in [6.45, 7) is 5.49. The minimum absolute atomic E-state index is 0.347. The Morgan fingerprint density at radius 1 is 1.27 bits per heavy atom. The number of esters is 1. The average molecular weight is 302 g/mol. The Hall–Kier alpha value is -2.21. The van der Waals surface area contributed by atoms with Crippen LogP contribution in [0.2, 0.25) is 0 Å². The molecule has 0 radical (unpaired) electrons. The number of carbonyl (C=O) groups excluding carboxylic acids is 1. The number of hydrogen-bond donors (Lipinski definition) is 0. The molecule has 1 aliphatic heterocycles. The highest BCUT2D eigenvalue weighted by Gasteiger charge is 2.49. The number of rotatable bonds is 3. The SMILES string of the molecule is COc1ccc2nccc([C@@H]3O[C@H]3C(=O)OC(C)(C)C)c2n1. The van der Waals surface area contributed by atoms with Gasteiger partial charge in [0.15, 0.2) is 6.10 Å². The summed E-state index contributed by atoms with van der Waals surface area (Å²) in [6, 6.07) is 5.39. The molecule has 1 saturated heterocycles. The molecule has 0 saturated carbocycles. The number of pyridine rings is 2. The van der Waals surface area contributed by atoms with Crippen molar-refractivity contribution in [3.8, 4) is 5.88 Å². The normalized spacial score (nSPS) is 20.7. The van der Waals surface area contributed by atoms with Gasteiger partial charge in [-0.25, -0.2) is 9.78 Å². The van der Waals surface area contributed by atoms with Crippen molar-refractivity contribution in [3.05, 3.63) is 30.0 Å². The molecule has 0 aliphatic carbocycles. The number of fused-ring (bicyclic) bond motifs is 1. The van der Waals surface area contributed by atoms with Crippen molar-refractivity contribution in [1.29, 1.82) is 0 Å². The van der Waals surface area contributed by atoms with E-state index < -0.39 is 11.7 Å². The summed E-state index contributed by atoms with van der Waals surface area (Å²) in [4.78, 5) is 20.7. The van der Waals surface area contributed by atoms with Crippen molar-refractivity contribution in [3.63, 3.8) is 0 Å². The molecular weight excluding hydrogens is 284 g/mol. The molecule has 0 amide bonds. The second kappa shape index (κ2) is 5.21. The second-order valence-electron chi connectivity index (χ2n) is 6.13. The van der Waals surface area contributed by atoms with E-state index in [0.29, 0.717) is 11.4 Å². The lowest BCUT2D eigenvalue weighted by Gasteiger charge is -2.18. The Bertz CT molecular complexity index is 724. The standard InChI is InChI=1S/C16H18N2O4/c1-16(2,3)22-15(19)14-13(21-14)9-7-8-17-10-5-6-11(20-4)18-12(9)10/h5-8,13-14H,1-4H3/t13-,14+/m0/s1. The van der Waals surface area contributed by atoms with E-state index in [2.05, 4.69) is 9.97 Å². The molecule has 0 unspecified atom stereocenters. The van der Waals surface area contributed by atoms with Gasteiger partial charge >= 0.3 is 5.97 Å². The predicted octanol–water partition coefficient (Wildman–Crippen LogP) is 2.42. The molecule has 0 spiro atoms. The van der Waals surface area contributed by atoms with Crippen molar-refractivity contribution < 1.29 is 19.0 Å². The topological polar surface area (TPSA) is 73.8 Å². The van der Waals surface area contributed by atoms with Crippen LogP contribution in [0.15, 0.2) is 24.4 Å². The van der Waals surface area contributed by atoms with Crippen molar-refractivity contribution in [1.82, 2.24) is 9.97 Å². The molecule has 0 bridgehead atoms. The lowest BCUT2D eigenvalue weighted by molar-refractivity contribution is -0.156. The van der Waals surface area contributed by atoms with E-state index in [-0.39, 0.29) is 12.1 Å². The van der Waals surface area contributed by atoms with Gasteiger partial charge in [-0.2, -0.15) is 0 Å². The summed E-state index contributed by atoms with van der Waals surface area (Å²) >= 11 is 0. The van der Waals surface area contributed by atoms with Crippen LogP contribution in [0.5, 0.6) is 5.88 Å². The third kappa shape index (κ3) is 2.87. The quantitative estimate of drug-likeness (QED) is 0.640.